The Morgan fingerprint density at radius 3 is 2.79 bits per heavy atom. The molecule has 0 bridgehead atoms. The second kappa shape index (κ2) is 5.22. The molecule has 2 rings (SSSR count). The number of rotatable bonds is 4. The molecule has 0 aliphatic heterocycles. The number of carboxylic acid groups (broad SMARTS) is 1. The van der Waals surface area contributed by atoms with Crippen LogP contribution in [0, 0.1) is 23.7 Å². The topological polar surface area (TPSA) is 98.9 Å². The SMILES string of the molecule is Cc1cc(C#N)nc(NCC2(C(=O)O)CCCC2)n1. The maximum absolute atomic E-state index is 11.4. The van der Waals surface area contributed by atoms with Gasteiger partial charge in [0.2, 0.25) is 5.95 Å². The normalized spacial score (nSPS) is 16.8. The van der Waals surface area contributed by atoms with Crippen molar-refractivity contribution in [3.05, 3.63) is 17.5 Å². The Labute approximate surface area is 111 Å². The molecule has 0 aromatic carbocycles. The van der Waals surface area contributed by atoms with Crippen molar-refractivity contribution in [2.24, 2.45) is 5.41 Å². The van der Waals surface area contributed by atoms with Crippen LogP contribution in [0.5, 0.6) is 0 Å². The molecule has 1 aliphatic rings. The first-order valence-electron chi connectivity index (χ1n) is 6.29. The van der Waals surface area contributed by atoms with E-state index in [-0.39, 0.29) is 5.69 Å². The molecule has 0 spiro atoms. The first-order chi connectivity index (χ1) is 9.05. The van der Waals surface area contributed by atoms with E-state index < -0.39 is 11.4 Å². The number of nitrogens with zero attached hydrogens (tertiary/aromatic N) is 3. The van der Waals surface area contributed by atoms with Gasteiger partial charge in [0.05, 0.1) is 5.41 Å². The molecule has 1 heterocycles. The molecule has 0 amide bonds. The van der Waals surface area contributed by atoms with Crippen molar-refractivity contribution >= 4 is 11.9 Å². The van der Waals surface area contributed by atoms with Crippen molar-refractivity contribution in [1.29, 1.82) is 5.26 Å². The van der Waals surface area contributed by atoms with E-state index in [2.05, 4.69) is 15.3 Å². The number of hydrogen-bond acceptors (Lipinski definition) is 5. The molecular weight excluding hydrogens is 244 g/mol. The third kappa shape index (κ3) is 2.81. The van der Waals surface area contributed by atoms with Crippen LogP contribution in [0.2, 0.25) is 0 Å². The average Bonchev–Trinajstić information content (AvgIpc) is 2.86. The minimum atomic E-state index is -0.773. The maximum Gasteiger partial charge on any atom is 0.311 e. The van der Waals surface area contributed by atoms with E-state index in [1.54, 1.807) is 13.0 Å². The van der Waals surface area contributed by atoms with E-state index in [0.29, 0.717) is 31.0 Å². The fourth-order valence-corrected chi connectivity index (χ4v) is 2.47. The number of aromatic nitrogens is 2. The zero-order valence-corrected chi connectivity index (χ0v) is 10.8. The molecule has 100 valence electrons. The van der Waals surface area contributed by atoms with Crippen molar-refractivity contribution in [2.75, 3.05) is 11.9 Å². The summed E-state index contributed by atoms with van der Waals surface area (Å²) in [5.41, 5.74) is 0.246. The third-order valence-electron chi connectivity index (χ3n) is 3.57. The number of hydrogen-bond donors (Lipinski definition) is 2. The van der Waals surface area contributed by atoms with Crippen LogP contribution in [-0.4, -0.2) is 27.6 Å². The maximum atomic E-state index is 11.4. The van der Waals surface area contributed by atoms with Crippen LogP contribution in [-0.2, 0) is 4.79 Å². The predicted molar refractivity (Wildman–Crippen MR) is 68.5 cm³/mol. The van der Waals surface area contributed by atoms with Gasteiger partial charge in [0.25, 0.3) is 0 Å². The van der Waals surface area contributed by atoms with Crippen LogP contribution in [0.3, 0.4) is 0 Å². The Morgan fingerprint density at radius 1 is 1.53 bits per heavy atom. The van der Waals surface area contributed by atoms with Crippen LogP contribution < -0.4 is 5.32 Å². The van der Waals surface area contributed by atoms with Crippen molar-refractivity contribution in [3.8, 4) is 6.07 Å². The molecule has 1 aromatic rings. The van der Waals surface area contributed by atoms with E-state index in [1.807, 2.05) is 6.07 Å². The summed E-state index contributed by atoms with van der Waals surface area (Å²) in [4.78, 5) is 19.6. The zero-order chi connectivity index (χ0) is 13.9. The molecule has 6 nitrogen and oxygen atoms in total. The highest BCUT2D eigenvalue weighted by molar-refractivity contribution is 5.75. The molecule has 1 aromatic heterocycles. The summed E-state index contributed by atoms with van der Waals surface area (Å²) >= 11 is 0. The Balaban J connectivity index is 2.12. The van der Waals surface area contributed by atoms with Gasteiger partial charge < -0.3 is 10.4 Å². The number of nitriles is 1. The van der Waals surface area contributed by atoms with Gasteiger partial charge in [-0.25, -0.2) is 9.97 Å². The van der Waals surface area contributed by atoms with Gasteiger partial charge in [-0.3, -0.25) is 4.79 Å². The second-order valence-electron chi connectivity index (χ2n) is 4.98. The molecule has 2 N–H and O–H groups in total. The summed E-state index contributed by atoms with van der Waals surface area (Å²) < 4.78 is 0. The lowest BCUT2D eigenvalue weighted by atomic mass is 9.86. The van der Waals surface area contributed by atoms with Crippen LogP contribution >= 0.6 is 0 Å². The second-order valence-corrected chi connectivity index (χ2v) is 4.98. The molecule has 0 unspecified atom stereocenters. The summed E-state index contributed by atoms with van der Waals surface area (Å²) in [5, 5.41) is 21.2. The third-order valence-corrected chi connectivity index (χ3v) is 3.57. The number of anilines is 1. The Bertz CT molecular complexity index is 530. The van der Waals surface area contributed by atoms with E-state index in [4.69, 9.17) is 5.26 Å². The lowest BCUT2D eigenvalue weighted by Gasteiger charge is -2.23. The minimum absolute atomic E-state index is 0.283. The fourth-order valence-electron chi connectivity index (χ4n) is 2.47. The van der Waals surface area contributed by atoms with E-state index in [9.17, 15) is 9.90 Å². The molecule has 19 heavy (non-hydrogen) atoms. The molecule has 0 radical (unpaired) electrons. The number of nitrogens with one attached hydrogen (secondary N) is 1. The molecule has 1 saturated carbocycles. The van der Waals surface area contributed by atoms with Gasteiger partial charge in [0.15, 0.2) is 0 Å². The van der Waals surface area contributed by atoms with Crippen molar-refractivity contribution in [3.63, 3.8) is 0 Å². The largest absolute Gasteiger partial charge is 0.481 e. The van der Waals surface area contributed by atoms with Crippen LogP contribution in [0.1, 0.15) is 37.1 Å². The number of carboxylic acids is 1. The summed E-state index contributed by atoms with van der Waals surface area (Å²) in [6.07, 6.45) is 3.22. The van der Waals surface area contributed by atoms with Crippen LogP contribution in [0.25, 0.3) is 0 Å². The van der Waals surface area contributed by atoms with Gasteiger partial charge >= 0.3 is 5.97 Å². The monoisotopic (exact) mass is 260 g/mol. The first-order valence-corrected chi connectivity index (χ1v) is 6.29. The van der Waals surface area contributed by atoms with Gasteiger partial charge in [-0.15, -0.1) is 0 Å². The quantitative estimate of drug-likeness (QED) is 0.855. The Hall–Kier alpha value is -2.16. The molecule has 0 atom stereocenters. The van der Waals surface area contributed by atoms with E-state index in [0.717, 1.165) is 12.8 Å². The molecule has 0 saturated heterocycles. The lowest BCUT2D eigenvalue weighted by Crippen LogP contribution is -2.35. The standard InChI is InChI=1S/C13H16N4O2/c1-9-6-10(7-14)17-12(16-9)15-8-13(11(18)19)4-2-3-5-13/h6H,2-5,8H2,1H3,(H,18,19)(H,15,16,17). The van der Waals surface area contributed by atoms with E-state index >= 15 is 0 Å². The zero-order valence-electron chi connectivity index (χ0n) is 10.8. The average molecular weight is 260 g/mol. The smallest absolute Gasteiger partial charge is 0.311 e. The molecular formula is C13H16N4O2. The summed E-state index contributed by atoms with van der Waals surface area (Å²) in [6.45, 7) is 2.08. The fraction of sp³-hybridized carbons (Fsp3) is 0.538. The Kier molecular flexibility index (Phi) is 3.65. The summed E-state index contributed by atoms with van der Waals surface area (Å²) in [6, 6.07) is 3.55. The van der Waals surface area contributed by atoms with Crippen LogP contribution in [0.15, 0.2) is 6.07 Å². The summed E-state index contributed by atoms with van der Waals surface area (Å²) in [5.74, 6) is -0.449. The van der Waals surface area contributed by atoms with Gasteiger partial charge in [0, 0.05) is 12.2 Å². The minimum Gasteiger partial charge on any atom is -0.481 e. The van der Waals surface area contributed by atoms with Gasteiger partial charge in [-0.1, -0.05) is 12.8 Å². The highest BCUT2D eigenvalue weighted by Crippen LogP contribution is 2.38. The molecule has 6 heteroatoms. The highest BCUT2D eigenvalue weighted by Gasteiger charge is 2.41. The van der Waals surface area contributed by atoms with Gasteiger partial charge in [-0.05, 0) is 25.8 Å². The summed E-state index contributed by atoms with van der Waals surface area (Å²) in [7, 11) is 0. The number of carbonyl (C=O) groups is 1. The van der Waals surface area contributed by atoms with Crippen molar-refractivity contribution in [1.82, 2.24) is 9.97 Å². The van der Waals surface area contributed by atoms with Gasteiger partial charge in [-0.2, -0.15) is 5.26 Å². The van der Waals surface area contributed by atoms with Crippen molar-refractivity contribution < 1.29 is 9.90 Å². The Morgan fingerprint density at radius 2 is 2.21 bits per heavy atom. The number of aliphatic carboxylic acids is 1. The van der Waals surface area contributed by atoms with Crippen molar-refractivity contribution in [2.45, 2.75) is 32.6 Å². The first kappa shape index (κ1) is 13.3. The van der Waals surface area contributed by atoms with Gasteiger partial charge in [0.1, 0.15) is 11.8 Å². The number of aryl methyl sites for hydroxylation is 1. The van der Waals surface area contributed by atoms with E-state index in [1.165, 1.54) is 0 Å². The molecule has 1 aliphatic carbocycles. The lowest BCUT2D eigenvalue weighted by molar-refractivity contribution is -0.147. The predicted octanol–water partition coefficient (Wildman–Crippen LogP) is 1.71. The molecule has 1 fully saturated rings. The highest BCUT2D eigenvalue weighted by atomic mass is 16.4. The van der Waals surface area contributed by atoms with Crippen LogP contribution in [0.4, 0.5) is 5.95 Å².